The van der Waals surface area contributed by atoms with E-state index in [9.17, 15) is 9.18 Å². The van der Waals surface area contributed by atoms with E-state index in [-0.39, 0.29) is 11.7 Å². The number of rotatable bonds is 5. The van der Waals surface area contributed by atoms with Crippen molar-refractivity contribution in [1.29, 1.82) is 0 Å². The van der Waals surface area contributed by atoms with E-state index in [1.165, 1.54) is 30.0 Å². The molecule has 1 fully saturated rings. The summed E-state index contributed by atoms with van der Waals surface area (Å²) in [6.07, 6.45) is 1.54. The molecule has 1 aliphatic heterocycles. The Labute approximate surface area is 194 Å². The van der Waals surface area contributed by atoms with Crippen LogP contribution in [0.15, 0.2) is 54.9 Å². The molecule has 2 aromatic carbocycles. The van der Waals surface area contributed by atoms with Gasteiger partial charge >= 0.3 is 0 Å². The van der Waals surface area contributed by atoms with Crippen LogP contribution >= 0.6 is 11.5 Å². The minimum atomic E-state index is -0.287. The first-order valence-electron chi connectivity index (χ1n) is 10.8. The monoisotopic (exact) mass is 463 g/mol. The van der Waals surface area contributed by atoms with Gasteiger partial charge in [0.15, 0.2) is 5.82 Å². The fraction of sp³-hybridized carbons (Fsp3) is 0.250. The number of para-hydroxylation sites is 1. The molecule has 0 aliphatic carbocycles. The highest BCUT2D eigenvalue weighted by molar-refractivity contribution is 7.14. The van der Waals surface area contributed by atoms with Gasteiger partial charge in [-0.15, -0.1) is 0 Å². The molecular weight excluding hydrogens is 441 g/mol. The Hall–Kier alpha value is -3.59. The number of piperazine rings is 1. The summed E-state index contributed by atoms with van der Waals surface area (Å²) in [5.74, 6) is 1.11. The van der Waals surface area contributed by atoms with Gasteiger partial charge in [-0.25, -0.2) is 14.4 Å². The minimum absolute atomic E-state index is 0.0251. The summed E-state index contributed by atoms with van der Waals surface area (Å²) in [6, 6.07) is 13.6. The van der Waals surface area contributed by atoms with Crippen LogP contribution in [0.25, 0.3) is 21.5 Å². The van der Waals surface area contributed by atoms with Gasteiger partial charge in [-0.05, 0) is 54.9 Å². The van der Waals surface area contributed by atoms with Crippen molar-refractivity contribution in [2.45, 2.75) is 6.92 Å². The largest absolute Gasteiger partial charge is 0.493 e. The zero-order valence-electron chi connectivity index (χ0n) is 18.1. The second-order valence-corrected chi connectivity index (χ2v) is 8.39. The summed E-state index contributed by atoms with van der Waals surface area (Å²) in [6.45, 7) is 4.87. The van der Waals surface area contributed by atoms with Gasteiger partial charge in [-0.1, -0.05) is 12.1 Å². The van der Waals surface area contributed by atoms with Crippen molar-refractivity contribution in [2.24, 2.45) is 0 Å². The number of benzene rings is 2. The molecule has 0 spiro atoms. The smallest absolute Gasteiger partial charge is 0.257 e. The molecule has 0 radical (unpaired) electrons. The quantitative estimate of drug-likeness (QED) is 0.441. The Balaban J connectivity index is 1.35. The first-order valence-corrected chi connectivity index (χ1v) is 11.6. The number of ether oxygens (including phenoxy) is 1. The van der Waals surface area contributed by atoms with Crippen molar-refractivity contribution in [1.82, 2.24) is 19.2 Å². The van der Waals surface area contributed by atoms with Crippen molar-refractivity contribution in [2.75, 3.05) is 37.7 Å². The summed E-state index contributed by atoms with van der Waals surface area (Å²) >= 11 is 1.34. The molecule has 3 heterocycles. The molecule has 0 bridgehead atoms. The summed E-state index contributed by atoms with van der Waals surface area (Å²) in [5.41, 5.74) is 2.88. The van der Waals surface area contributed by atoms with Gasteiger partial charge in [0.25, 0.3) is 5.91 Å². The molecular formula is C24H22FN5O2S. The highest BCUT2D eigenvalue weighted by Gasteiger charge is 2.26. The fourth-order valence-electron chi connectivity index (χ4n) is 3.99. The lowest BCUT2D eigenvalue weighted by atomic mass is 10.1. The second kappa shape index (κ2) is 9.11. The first kappa shape index (κ1) is 21.3. The van der Waals surface area contributed by atoms with Crippen LogP contribution in [0.5, 0.6) is 5.75 Å². The van der Waals surface area contributed by atoms with Crippen LogP contribution < -0.4 is 9.64 Å². The maximum atomic E-state index is 13.3. The zero-order chi connectivity index (χ0) is 22.8. The molecule has 168 valence electrons. The molecule has 33 heavy (non-hydrogen) atoms. The number of anilines is 1. The number of aromatic nitrogens is 3. The van der Waals surface area contributed by atoms with Crippen LogP contribution in [0.1, 0.15) is 17.3 Å². The van der Waals surface area contributed by atoms with Gasteiger partial charge in [0, 0.05) is 31.7 Å². The molecule has 4 aromatic rings. The first-order chi connectivity index (χ1) is 16.2. The van der Waals surface area contributed by atoms with Crippen molar-refractivity contribution in [3.05, 3.63) is 66.2 Å². The molecule has 0 unspecified atom stereocenters. The van der Waals surface area contributed by atoms with E-state index < -0.39 is 0 Å². The van der Waals surface area contributed by atoms with Crippen molar-refractivity contribution in [3.63, 3.8) is 0 Å². The lowest BCUT2D eigenvalue weighted by Gasteiger charge is -2.35. The van der Waals surface area contributed by atoms with Crippen LogP contribution in [-0.2, 0) is 0 Å². The normalized spacial score (nSPS) is 14.0. The molecule has 2 aromatic heterocycles. The van der Waals surface area contributed by atoms with Gasteiger partial charge in [-0.3, -0.25) is 4.79 Å². The molecule has 0 atom stereocenters. The van der Waals surface area contributed by atoms with E-state index in [1.807, 2.05) is 36.1 Å². The van der Waals surface area contributed by atoms with E-state index in [1.54, 1.807) is 12.1 Å². The van der Waals surface area contributed by atoms with Gasteiger partial charge in [-0.2, -0.15) is 4.37 Å². The maximum absolute atomic E-state index is 13.3. The average molecular weight is 464 g/mol. The average Bonchev–Trinajstić information content (AvgIpc) is 3.29. The van der Waals surface area contributed by atoms with E-state index >= 15 is 0 Å². The van der Waals surface area contributed by atoms with Gasteiger partial charge < -0.3 is 14.5 Å². The number of fused-ring (bicyclic) bond motifs is 1. The Morgan fingerprint density at radius 2 is 1.82 bits per heavy atom. The molecule has 0 N–H and O–H groups in total. The van der Waals surface area contributed by atoms with Crippen LogP contribution in [0.2, 0.25) is 0 Å². The van der Waals surface area contributed by atoms with E-state index in [0.717, 1.165) is 27.3 Å². The molecule has 1 amide bonds. The second-order valence-electron chi connectivity index (χ2n) is 7.62. The van der Waals surface area contributed by atoms with Gasteiger partial charge in [0.2, 0.25) is 0 Å². The van der Waals surface area contributed by atoms with Crippen LogP contribution in [0, 0.1) is 5.82 Å². The van der Waals surface area contributed by atoms with E-state index in [0.29, 0.717) is 44.1 Å². The van der Waals surface area contributed by atoms with Crippen molar-refractivity contribution < 1.29 is 13.9 Å². The van der Waals surface area contributed by atoms with E-state index in [4.69, 9.17) is 4.74 Å². The topological polar surface area (TPSA) is 71.5 Å². The van der Waals surface area contributed by atoms with Crippen LogP contribution in [0.4, 0.5) is 10.2 Å². The molecule has 9 heteroatoms. The Morgan fingerprint density at radius 3 is 2.58 bits per heavy atom. The lowest BCUT2D eigenvalue weighted by Crippen LogP contribution is -2.49. The highest BCUT2D eigenvalue weighted by Crippen LogP contribution is 2.34. The number of carbonyl (C=O) groups is 1. The Bertz CT molecular complexity index is 1290. The summed E-state index contributed by atoms with van der Waals surface area (Å²) in [7, 11) is 0. The molecule has 1 aliphatic rings. The van der Waals surface area contributed by atoms with Crippen LogP contribution in [0.3, 0.4) is 0 Å². The summed E-state index contributed by atoms with van der Waals surface area (Å²) < 4.78 is 24.4. The van der Waals surface area contributed by atoms with Gasteiger partial charge in [0.05, 0.1) is 12.2 Å². The third kappa shape index (κ3) is 4.11. The van der Waals surface area contributed by atoms with E-state index in [2.05, 4.69) is 19.2 Å². The standard InChI is InChI=1S/C24H22FN5O2S/c1-2-32-19-6-4-3-5-18(19)24(31)30-13-11-29(12-14-30)23-22-21(26-15-27-23)20(28-33-22)16-7-9-17(25)10-8-16/h3-10,15H,2,11-14H2,1H3. The third-order valence-corrected chi connectivity index (χ3v) is 6.47. The molecule has 7 nitrogen and oxygen atoms in total. The minimum Gasteiger partial charge on any atom is -0.493 e. The fourth-order valence-corrected chi connectivity index (χ4v) is 4.86. The maximum Gasteiger partial charge on any atom is 0.257 e. The number of nitrogens with zero attached hydrogens (tertiary/aromatic N) is 5. The SMILES string of the molecule is CCOc1ccccc1C(=O)N1CCN(c2ncnc3c(-c4ccc(F)cc4)nsc23)CC1. The van der Waals surface area contributed by atoms with Crippen molar-refractivity contribution in [3.8, 4) is 17.0 Å². The zero-order valence-corrected chi connectivity index (χ0v) is 18.9. The predicted molar refractivity (Wildman–Crippen MR) is 126 cm³/mol. The lowest BCUT2D eigenvalue weighted by molar-refractivity contribution is 0.0742. The number of hydrogen-bond donors (Lipinski definition) is 0. The summed E-state index contributed by atoms with van der Waals surface area (Å²) in [5, 5.41) is 0. The predicted octanol–water partition coefficient (Wildman–Crippen LogP) is 4.25. The highest BCUT2D eigenvalue weighted by atomic mass is 32.1. The molecule has 5 rings (SSSR count). The molecule has 1 saturated heterocycles. The number of hydrogen-bond acceptors (Lipinski definition) is 7. The third-order valence-electron chi connectivity index (χ3n) is 5.64. The van der Waals surface area contributed by atoms with Crippen molar-refractivity contribution >= 4 is 33.5 Å². The Kier molecular flexibility index (Phi) is 5.87. The summed E-state index contributed by atoms with van der Waals surface area (Å²) in [4.78, 5) is 26.1. The van der Waals surface area contributed by atoms with Gasteiger partial charge in [0.1, 0.15) is 33.8 Å². The Morgan fingerprint density at radius 1 is 1.06 bits per heavy atom. The number of carbonyl (C=O) groups excluding carboxylic acids is 1. The number of halogens is 1. The molecule has 0 saturated carbocycles. The number of amides is 1. The van der Waals surface area contributed by atoms with Crippen LogP contribution in [-0.4, -0.2) is 57.9 Å².